The molecule has 0 fully saturated rings. The first-order chi connectivity index (χ1) is 8.67. The maximum atomic E-state index is 5.81. The van der Waals surface area contributed by atoms with Crippen LogP contribution in [0.4, 0.5) is 5.82 Å². The van der Waals surface area contributed by atoms with E-state index in [0.717, 1.165) is 22.8 Å². The van der Waals surface area contributed by atoms with Crippen LogP contribution in [-0.2, 0) is 7.05 Å². The van der Waals surface area contributed by atoms with Crippen molar-refractivity contribution in [3.05, 3.63) is 24.3 Å². The van der Waals surface area contributed by atoms with Crippen molar-refractivity contribution in [2.24, 2.45) is 7.05 Å². The van der Waals surface area contributed by atoms with E-state index < -0.39 is 0 Å². The number of methoxy groups -OCH3 is 1. The third-order valence-electron chi connectivity index (χ3n) is 2.68. The fourth-order valence-electron chi connectivity index (χ4n) is 1.81. The fourth-order valence-corrected chi connectivity index (χ4v) is 1.81. The van der Waals surface area contributed by atoms with Gasteiger partial charge < -0.3 is 15.2 Å². The van der Waals surface area contributed by atoms with Gasteiger partial charge in [-0.25, -0.2) is 0 Å². The lowest BCUT2D eigenvalue weighted by molar-refractivity contribution is 0.338. The Bertz CT molecular complexity index is 530. The Balaban J connectivity index is 2.59. The lowest BCUT2D eigenvalue weighted by Gasteiger charge is -2.12. The SMILES string of the molecule is CCOc1cccc(OC)c1-c1cc(N)n(C)n1. The predicted molar refractivity (Wildman–Crippen MR) is 70.8 cm³/mol. The van der Waals surface area contributed by atoms with Crippen LogP contribution in [0.15, 0.2) is 24.3 Å². The molecule has 0 aliphatic heterocycles. The van der Waals surface area contributed by atoms with Gasteiger partial charge in [0, 0.05) is 13.1 Å². The summed E-state index contributed by atoms with van der Waals surface area (Å²) in [5.41, 5.74) is 7.39. The van der Waals surface area contributed by atoms with Gasteiger partial charge in [-0.05, 0) is 19.1 Å². The van der Waals surface area contributed by atoms with Crippen molar-refractivity contribution in [2.45, 2.75) is 6.92 Å². The molecule has 0 saturated heterocycles. The Hall–Kier alpha value is -2.17. The van der Waals surface area contributed by atoms with Gasteiger partial charge in [-0.15, -0.1) is 0 Å². The number of rotatable bonds is 4. The molecule has 0 unspecified atom stereocenters. The fraction of sp³-hybridized carbons (Fsp3) is 0.308. The summed E-state index contributed by atoms with van der Waals surface area (Å²) in [6, 6.07) is 7.47. The van der Waals surface area contributed by atoms with E-state index in [9.17, 15) is 0 Å². The molecule has 0 amide bonds. The van der Waals surface area contributed by atoms with Crippen LogP contribution in [0.3, 0.4) is 0 Å². The lowest BCUT2D eigenvalue weighted by Crippen LogP contribution is -1.98. The highest BCUT2D eigenvalue weighted by Crippen LogP contribution is 2.38. The van der Waals surface area contributed by atoms with Crippen LogP contribution in [0, 0.1) is 0 Å². The van der Waals surface area contributed by atoms with Gasteiger partial charge in [-0.2, -0.15) is 5.10 Å². The van der Waals surface area contributed by atoms with E-state index in [1.165, 1.54) is 0 Å². The Morgan fingerprint density at radius 3 is 2.61 bits per heavy atom. The molecule has 0 aliphatic carbocycles. The van der Waals surface area contributed by atoms with Crippen LogP contribution >= 0.6 is 0 Å². The van der Waals surface area contributed by atoms with Gasteiger partial charge in [0.1, 0.15) is 23.0 Å². The van der Waals surface area contributed by atoms with E-state index >= 15 is 0 Å². The minimum absolute atomic E-state index is 0.586. The number of aryl methyl sites for hydroxylation is 1. The maximum Gasteiger partial charge on any atom is 0.132 e. The number of hydrogen-bond donors (Lipinski definition) is 1. The highest BCUT2D eigenvalue weighted by molar-refractivity contribution is 5.75. The smallest absolute Gasteiger partial charge is 0.132 e. The Morgan fingerprint density at radius 2 is 2.06 bits per heavy atom. The van der Waals surface area contributed by atoms with Crippen LogP contribution in [0.1, 0.15) is 6.92 Å². The average molecular weight is 247 g/mol. The summed E-state index contributed by atoms with van der Waals surface area (Å²) in [4.78, 5) is 0. The Morgan fingerprint density at radius 1 is 1.33 bits per heavy atom. The number of nitrogens with zero attached hydrogens (tertiary/aromatic N) is 2. The molecule has 0 radical (unpaired) electrons. The predicted octanol–water partition coefficient (Wildman–Crippen LogP) is 2.08. The molecule has 2 rings (SSSR count). The summed E-state index contributed by atoms with van der Waals surface area (Å²) in [5.74, 6) is 2.06. The van der Waals surface area contributed by atoms with Crippen LogP contribution in [0.5, 0.6) is 11.5 Å². The molecule has 0 spiro atoms. The van der Waals surface area contributed by atoms with Gasteiger partial charge >= 0.3 is 0 Å². The first-order valence-corrected chi connectivity index (χ1v) is 5.77. The minimum Gasteiger partial charge on any atom is -0.496 e. The number of hydrogen-bond acceptors (Lipinski definition) is 4. The zero-order valence-corrected chi connectivity index (χ0v) is 10.8. The largest absolute Gasteiger partial charge is 0.496 e. The molecular formula is C13H17N3O2. The van der Waals surface area contributed by atoms with Gasteiger partial charge in [0.2, 0.25) is 0 Å². The monoisotopic (exact) mass is 247 g/mol. The summed E-state index contributed by atoms with van der Waals surface area (Å²) in [6.45, 7) is 2.53. The Kier molecular flexibility index (Phi) is 3.41. The van der Waals surface area contributed by atoms with Crippen molar-refractivity contribution in [3.63, 3.8) is 0 Å². The summed E-state index contributed by atoms with van der Waals surface area (Å²) >= 11 is 0. The molecule has 5 nitrogen and oxygen atoms in total. The second-order valence-electron chi connectivity index (χ2n) is 3.84. The number of anilines is 1. The van der Waals surface area contributed by atoms with Crippen molar-refractivity contribution >= 4 is 5.82 Å². The summed E-state index contributed by atoms with van der Waals surface area (Å²) in [5, 5.41) is 4.36. The van der Waals surface area contributed by atoms with Crippen LogP contribution in [0.25, 0.3) is 11.3 Å². The molecule has 18 heavy (non-hydrogen) atoms. The van der Waals surface area contributed by atoms with Gasteiger partial charge in [-0.1, -0.05) is 6.07 Å². The normalized spacial score (nSPS) is 10.4. The molecule has 96 valence electrons. The van der Waals surface area contributed by atoms with Crippen LogP contribution < -0.4 is 15.2 Å². The van der Waals surface area contributed by atoms with Crippen LogP contribution in [-0.4, -0.2) is 23.5 Å². The van der Waals surface area contributed by atoms with Gasteiger partial charge in [0.25, 0.3) is 0 Å². The average Bonchev–Trinajstić information content (AvgIpc) is 2.69. The van der Waals surface area contributed by atoms with E-state index in [1.54, 1.807) is 24.9 Å². The molecule has 5 heteroatoms. The Labute approximate surface area is 106 Å². The van der Waals surface area contributed by atoms with Crippen molar-refractivity contribution in [3.8, 4) is 22.8 Å². The lowest BCUT2D eigenvalue weighted by atomic mass is 10.1. The van der Waals surface area contributed by atoms with Gasteiger partial charge in [-0.3, -0.25) is 4.68 Å². The van der Waals surface area contributed by atoms with E-state index in [2.05, 4.69) is 5.10 Å². The number of aromatic nitrogens is 2. The maximum absolute atomic E-state index is 5.81. The summed E-state index contributed by atoms with van der Waals surface area (Å²) in [6.07, 6.45) is 0. The quantitative estimate of drug-likeness (QED) is 0.898. The molecule has 1 heterocycles. The third kappa shape index (κ3) is 2.11. The van der Waals surface area contributed by atoms with E-state index in [1.807, 2.05) is 25.1 Å². The topological polar surface area (TPSA) is 62.3 Å². The first kappa shape index (κ1) is 12.3. The number of nitrogen functional groups attached to an aromatic ring is 1. The minimum atomic E-state index is 0.586. The number of benzene rings is 1. The molecule has 0 bridgehead atoms. The highest BCUT2D eigenvalue weighted by Gasteiger charge is 2.16. The molecule has 0 saturated carbocycles. The molecule has 2 N–H and O–H groups in total. The molecule has 1 aromatic heterocycles. The third-order valence-corrected chi connectivity index (χ3v) is 2.68. The second-order valence-corrected chi connectivity index (χ2v) is 3.84. The first-order valence-electron chi connectivity index (χ1n) is 5.77. The summed E-state index contributed by atoms with van der Waals surface area (Å²) in [7, 11) is 3.43. The van der Waals surface area contributed by atoms with E-state index in [4.69, 9.17) is 15.2 Å². The highest BCUT2D eigenvalue weighted by atomic mass is 16.5. The van der Waals surface area contributed by atoms with Crippen molar-refractivity contribution < 1.29 is 9.47 Å². The summed E-state index contributed by atoms with van der Waals surface area (Å²) < 4.78 is 12.6. The van der Waals surface area contributed by atoms with Crippen LogP contribution in [0.2, 0.25) is 0 Å². The van der Waals surface area contributed by atoms with Crippen molar-refractivity contribution in [1.82, 2.24) is 9.78 Å². The van der Waals surface area contributed by atoms with Gasteiger partial charge in [0.15, 0.2) is 0 Å². The zero-order chi connectivity index (χ0) is 13.1. The van der Waals surface area contributed by atoms with E-state index in [0.29, 0.717) is 12.4 Å². The molecular weight excluding hydrogens is 230 g/mol. The standard InChI is InChI=1S/C13H17N3O2/c1-4-18-11-7-5-6-10(17-3)13(11)9-8-12(14)16(2)15-9/h5-8H,4,14H2,1-3H3. The van der Waals surface area contributed by atoms with Gasteiger partial charge in [0.05, 0.1) is 19.3 Å². The molecule has 0 aliphatic rings. The van der Waals surface area contributed by atoms with Crippen molar-refractivity contribution in [1.29, 1.82) is 0 Å². The molecule has 0 atom stereocenters. The molecule has 1 aromatic carbocycles. The molecule has 2 aromatic rings. The number of ether oxygens (including phenoxy) is 2. The van der Waals surface area contributed by atoms with Crippen molar-refractivity contribution in [2.75, 3.05) is 19.5 Å². The van der Waals surface area contributed by atoms with E-state index in [-0.39, 0.29) is 0 Å². The number of nitrogens with two attached hydrogens (primary N) is 1. The zero-order valence-electron chi connectivity index (χ0n) is 10.8. The second kappa shape index (κ2) is 5.00.